The van der Waals surface area contributed by atoms with Crippen molar-refractivity contribution in [3.8, 4) is 5.75 Å². The second-order valence-corrected chi connectivity index (χ2v) is 3.42. The first-order chi connectivity index (χ1) is 6.18. The van der Waals surface area contributed by atoms with Crippen LogP contribution in [0.2, 0.25) is 0 Å². The molecule has 0 bridgehead atoms. The molecule has 2 rings (SSSR count). The predicted octanol–water partition coefficient (Wildman–Crippen LogP) is 2.32. The lowest BCUT2D eigenvalue weighted by Gasteiger charge is -2.02. The van der Waals surface area contributed by atoms with Crippen LogP contribution in [0.5, 0.6) is 5.75 Å². The van der Waals surface area contributed by atoms with Crippen molar-refractivity contribution in [1.29, 1.82) is 0 Å². The smallest absolute Gasteiger partial charge is 0.143 e. The van der Waals surface area contributed by atoms with Crippen LogP contribution < -0.4 is 0 Å². The monoisotopic (exact) mass is 176 g/mol. The lowest BCUT2D eigenvalue weighted by Crippen LogP contribution is -1.99. The van der Waals surface area contributed by atoms with Crippen LogP contribution >= 0.6 is 0 Å². The Morgan fingerprint density at radius 2 is 2.15 bits per heavy atom. The molecule has 68 valence electrons. The molecule has 1 aromatic carbocycles. The number of hydrogen-bond donors (Lipinski definition) is 1. The van der Waals surface area contributed by atoms with Crippen LogP contribution in [-0.2, 0) is 0 Å². The van der Waals surface area contributed by atoms with E-state index in [1.165, 1.54) is 0 Å². The van der Waals surface area contributed by atoms with Crippen LogP contribution in [0, 0.1) is 0 Å². The quantitative estimate of drug-likeness (QED) is 0.724. The number of aromatic hydroxyl groups is 1. The van der Waals surface area contributed by atoms with Crippen LogP contribution in [0.4, 0.5) is 0 Å². The molecule has 0 aliphatic heterocycles. The Morgan fingerprint density at radius 3 is 2.77 bits per heavy atom. The largest absolute Gasteiger partial charge is 0.506 e. The minimum Gasteiger partial charge on any atom is -0.506 e. The van der Waals surface area contributed by atoms with Crippen molar-refractivity contribution in [1.82, 2.24) is 9.78 Å². The van der Waals surface area contributed by atoms with Crippen LogP contribution in [0.25, 0.3) is 10.9 Å². The normalized spacial score (nSPS) is 11.3. The van der Waals surface area contributed by atoms with Gasteiger partial charge in [0, 0.05) is 17.6 Å². The van der Waals surface area contributed by atoms with E-state index in [1.54, 1.807) is 6.07 Å². The Kier molecular flexibility index (Phi) is 1.72. The average Bonchev–Trinajstić information content (AvgIpc) is 2.49. The number of rotatable bonds is 1. The summed E-state index contributed by atoms with van der Waals surface area (Å²) in [6, 6.07) is 5.75. The molecule has 3 nitrogen and oxygen atoms in total. The minimum absolute atomic E-state index is 0.247. The molecular weight excluding hydrogens is 164 g/mol. The van der Waals surface area contributed by atoms with Gasteiger partial charge in [0.15, 0.2) is 0 Å². The lowest BCUT2D eigenvalue weighted by molar-refractivity contribution is 0.477. The molecule has 0 aliphatic rings. The Bertz CT molecular complexity index is 431. The van der Waals surface area contributed by atoms with Crippen molar-refractivity contribution in [3.63, 3.8) is 0 Å². The van der Waals surface area contributed by atoms with E-state index < -0.39 is 0 Å². The SMILES string of the molecule is CC(C)n1cc2cccc(O)c2n1. The Morgan fingerprint density at radius 1 is 1.38 bits per heavy atom. The van der Waals surface area contributed by atoms with Crippen molar-refractivity contribution in [2.24, 2.45) is 0 Å². The van der Waals surface area contributed by atoms with Gasteiger partial charge in [-0.2, -0.15) is 5.10 Å². The van der Waals surface area contributed by atoms with Gasteiger partial charge in [0.25, 0.3) is 0 Å². The van der Waals surface area contributed by atoms with Gasteiger partial charge in [-0.3, -0.25) is 4.68 Å². The molecule has 1 heterocycles. The topological polar surface area (TPSA) is 38.0 Å². The van der Waals surface area contributed by atoms with Gasteiger partial charge in [0.05, 0.1) is 0 Å². The molecular formula is C10H12N2O. The summed E-state index contributed by atoms with van der Waals surface area (Å²) in [4.78, 5) is 0. The standard InChI is InChI=1S/C10H12N2O/c1-7(2)12-6-8-4-3-5-9(13)10(8)11-12/h3-7,13H,1-2H3. The number of phenolic OH excluding ortho intramolecular Hbond substituents is 1. The second-order valence-electron chi connectivity index (χ2n) is 3.42. The zero-order chi connectivity index (χ0) is 9.42. The maximum absolute atomic E-state index is 9.49. The third-order valence-electron chi connectivity index (χ3n) is 2.06. The van der Waals surface area contributed by atoms with Gasteiger partial charge in [-0.15, -0.1) is 0 Å². The molecule has 0 spiro atoms. The lowest BCUT2D eigenvalue weighted by atomic mass is 10.2. The summed E-state index contributed by atoms with van der Waals surface area (Å²) >= 11 is 0. The highest BCUT2D eigenvalue weighted by molar-refractivity contribution is 5.83. The number of benzene rings is 1. The Labute approximate surface area is 76.6 Å². The van der Waals surface area contributed by atoms with Crippen molar-refractivity contribution < 1.29 is 5.11 Å². The van der Waals surface area contributed by atoms with Gasteiger partial charge >= 0.3 is 0 Å². The van der Waals surface area contributed by atoms with Crippen molar-refractivity contribution >= 4 is 10.9 Å². The maximum Gasteiger partial charge on any atom is 0.143 e. The molecule has 0 aliphatic carbocycles. The fourth-order valence-electron chi connectivity index (χ4n) is 1.31. The molecule has 0 saturated heterocycles. The van der Waals surface area contributed by atoms with Crippen LogP contribution in [0.1, 0.15) is 19.9 Å². The van der Waals surface area contributed by atoms with Gasteiger partial charge < -0.3 is 5.11 Å². The van der Waals surface area contributed by atoms with Crippen molar-refractivity contribution in [3.05, 3.63) is 24.4 Å². The first-order valence-electron chi connectivity index (χ1n) is 4.35. The van der Waals surface area contributed by atoms with Gasteiger partial charge in [-0.05, 0) is 19.9 Å². The van der Waals surface area contributed by atoms with E-state index in [4.69, 9.17) is 0 Å². The Balaban J connectivity index is 2.68. The minimum atomic E-state index is 0.247. The van der Waals surface area contributed by atoms with E-state index in [9.17, 15) is 5.11 Å². The molecule has 13 heavy (non-hydrogen) atoms. The summed E-state index contributed by atoms with van der Waals surface area (Å²) in [5, 5.41) is 14.7. The molecule has 0 saturated carbocycles. The fourth-order valence-corrected chi connectivity index (χ4v) is 1.31. The summed E-state index contributed by atoms with van der Waals surface area (Å²) in [7, 11) is 0. The fraction of sp³-hybridized carbons (Fsp3) is 0.300. The molecule has 0 fully saturated rings. The number of fused-ring (bicyclic) bond motifs is 1. The highest BCUT2D eigenvalue weighted by atomic mass is 16.3. The third-order valence-corrected chi connectivity index (χ3v) is 2.06. The molecule has 0 atom stereocenters. The summed E-state index contributed by atoms with van der Waals surface area (Å²) in [6.45, 7) is 4.12. The summed E-state index contributed by atoms with van der Waals surface area (Å²) in [5.74, 6) is 0.247. The number of nitrogens with zero attached hydrogens (tertiary/aromatic N) is 2. The van der Waals surface area contributed by atoms with Gasteiger partial charge in [0.2, 0.25) is 0 Å². The molecule has 1 N–H and O–H groups in total. The molecule has 0 amide bonds. The molecule has 1 aromatic heterocycles. The van der Waals surface area contributed by atoms with E-state index in [0.717, 1.165) is 5.39 Å². The number of hydrogen-bond acceptors (Lipinski definition) is 2. The average molecular weight is 176 g/mol. The van der Waals surface area contributed by atoms with Crippen molar-refractivity contribution in [2.45, 2.75) is 19.9 Å². The molecule has 2 aromatic rings. The van der Waals surface area contributed by atoms with E-state index in [1.807, 2.05) is 23.0 Å². The first-order valence-corrected chi connectivity index (χ1v) is 4.35. The highest BCUT2D eigenvalue weighted by Crippen LogP contribution is 2.23. The number of phenols is 1. The number of aromatic nitrogens is 2. The van der Waals surface area contributed by atoms with Crippen LogP contribution in [0.15, 0.2) is 24.4 Å². The van der Waals surface area contributed by atoms with Crippen LogP contribution in [-0.4, -0.2) is 14.9 Å². The molecule has 0 unspecified atom stereocenters. The highest BCUT2D eigenvalue weighted by Gasteiger charge is 2.05. The second kappa shape index (κ2) is 2.76. The Hall–Kier alpha value is -1.51. The van der Waals surface area contributed by atoms with Crippen LogP contribution in [0.3, 0.4) is 0 Å². The first kappa shape index (κ1) is 8.10. The summed E-state index contributed by atoms with van der Waals surface area (Å²) < 4.78 is 1.85. The summed E-state index contributed by atoms with van der Waals surface area (Å²) in [6.07, 6.45) is 1.94. The van der Waals surface area contributed by atoms with Gasteiger partial charge in [-0.1, -0.05) is 12.1 Å². The summed E-state index contributed by atoms with van der Waals surface area (Å²) in [5.41, 5.74) is 0.677. The van der Waals surface area contributed by atoms with E-state index >= 15 is 0 Å². The van der Waals surface area contributed by atoms with Crippen molar-refractivity contribution in [2.75, 3.05) is 0 Å². The molecule has 0 radical (unpaired) electrons. The zero-order valence-electron chi connectivity index (χ0n) is 7.73. The van der Waals surface area contributed by atoms with E-state index in [-0.39, 0.29) is 5.75 Å². The van der Waals surface area contributed by atoms with E-state index in [2.05, 4.69) is 18.9 Å². The molecule has 3 heteroatoms. The van der Waals surface area contributed by atoms with E-state index in [0.29, 0.717) is 11.6 Å². The maximum atomic E-state index is 9.49. The van der Waals surface area contributed by atoms with Gasteiger partial charge in [0.1, 0.15) is 11.3 Å². The predicted molar refractivity (Wildman–Crippen MR) is 51.8 cm³/mol. The third kappa shape index (κ3) is 1.26. The zero-order valence-corrected chi connectivity index (χ0v) is 7.73. The van der Waals surface area contributed by atoms with Gasteiger partial charge in [-0.25, -0.2) is 0 Å².